The van der Waals surface area contributed by atoms with E-state index in [1.165, 1.54) is 0 Å². The zero-order valence-electron chi connectivity index (χ0n) is 20.6. The van der Waals surface area contributed by atoms with Gasteiger partial charge in [0.2, 0.25) is 0 Å². The van der Waals surface area contributed by atoms with Gasteiger partial charge in [-0.15, -0.1) is 0 Å². The molecule has 0 aromatic carbocycles. The van der Waals surface area contributed by atoms with Crippen LogP contribution >= 0.6 is 0 Å². The van der Waals surface area contributed by atoms with Crippen LogP contribution in [-0.2, 0) is 20.3 Å². The average Bonchev–Trinajstić information content (AvgIpc) is 2.68. The van der Waals surface area contributed by atoms with Crippen LogP contribution < -0.4 is 0 Å². The van der Waals surface area contributed by atoms with Gasteiger partial charge in [0.05, 0.1) is 0 Å². The van der Waals surface area contributed by atoms with E-state index in [0.717, 1.165) is 5.56 Å². The second-order valence-electron chi connectivity index (χ2n) is 11.2. The van der Waals surface area contributed by atoms with Crippen molar-refractivity contribution in [3.05, 3.63) is 30.1 Å². The molecule has 6 nitrogen and oxygen atoms in total. The number of hydrogen-bond acceptors (Lipinski definition) is 5. The van der Waals surface area contributed by atoms with E-state index in [1.807, 2.05) is 46.8 Å². The molecule has 30 heavy (non-hydrogen) atoms. The second kappa shape index (κ2) is 7.91. The zero-order chi connectivity index (χ0) is 23.2. The fourth-order valence-electron chi connectivity index (χ4n) is 4.69. The molecular weight excluding hydrogens is 396 g/mol. The van der Waals surface area contributed by atoms with Gasteiger partial charge in [0.25, 0.3) is 0 Å². The summed E-state index contributed by atoms with van der Waals surface area (Å²) in [5.41, 5.74) is -1.69. The van der Waals surface area contributed by atoms with Gasteiger partial charge in [-0.05, 0) is 72.3 Å². The quantitative estimate of drug-likeness (QED) is 0.613. The lowest BCUT2D eigenvalue weighted by atomic mass is 9.71. The Morgan fingerprint density at radius 2 is 1.63 bits per heavy atom. The predicted molar refractivity (Wildman–Crippen MR) is 122 cm³/mol. The lowest BCUT2D eigenvalue weighted by molar-refractivity contribution is -0.272. The van der Waals surface area contributed by atoms with Crippen molar-refractivity contribution < 1.29 is 18.7 Å². The lowest BCUT2D eigenvalue weighted by Crippen LogP contribution is -2.67. The van der Waals surface area contributed by atoms with Gasteiger partial charge in [-0.2, -0.15) is 0 Å². The minimum Gasteiger partial charge on any atom is -0.444 e. The Hall–Kier alpha value is -1.44. The molecule has 1 amide bonds. The topological polar surface area (TPSA) is 60.9 Å². The van der Waals surface area contributed by atoms with Gasteiger partial charge < -0.3 is 13.9 Å². The fraction of sp³-hybridized carbons (Fsp3) is 0.739. The molecule has 0 saturated carbocycles. The fourth-order valence-corrected chi connectivity index (χ4v) is 6.01. The second-order valence-corrected chi connectivity index (χ2v) is 13.5. The maximum atomic E-state index is 13.6. The third-order valence-electron chi connectivity index (χ3n) is 5.40. The van der Waals surface area contributed by atoms with E-state index in [2.05, 4.69) is 45.8 Å². The summed E-state index contributed by atoms with van der Waals surface area (Å²) in [7, 11) is -1.56. The van der Waals surface area contributed by atoms with Gasteiger partial charge in [0.1, 0.15) is 16.9 Å². The summed E-state index contributed by atoms with van der Waals surface area (Å²) in [5, 5.41) is 0. The smallest absolute Gasteiger partial charge is 0.413 e. The Kier molecular flexibility index (Phi) is 6.55. The van der Waals surface area contributed by atoms with Crippen molar-refractivity contribution in [2.24, 2.45) is 5.41 Å². The number of carbonyl (C=O) groups excluding carboxylic acids is 1. The zero-order valence-corrected chi connectivity index (χ0v) is 21.8. The third kappa shape index (κ3) is 4.58. The minimum atomic E-state index is -1.56. The number of aromatic nitrogens is 1. The van der Waals surface area contributed by atoms with Crippen LogP contribution in [0.5, 0.6) is 0 Å². The molecule has 1 aliphatic heterocycles. The van der Waals surface area contributed by atoms with Gasteiger partial charge in [-0.1, -0.05) is 20.8 Å². The molecule has 1 aliphatic rings. The van der Waals surface area contributed by atoms with Gasteiger partial charge in [-0.25, -0.2) is 4.79 Å². The highest BCUT2D eigenvalue weighted by Gasteiger charge is 2.71. The molecule has 0 unspecified atom stereocenters. The SMILES string of the molecule is C[SiH](C)O[C@]1(C(C)(C)C)OC(C)(C)N(C(=O)OC(C)(C)C)[C@@]1(C)Cc1ccncc1. The maximum Gasteiger partial charge on any atom is 0.413 e. The predicted octanol–water partition coefficient (Wildman–Crippen LogP) is 5.13. The molecule has 0 N–H and O–H groups in total. The minimum absolute atomic E-state index is 0.399. The summed E-state index contributed by atoms with van der Waals surface area (Å²) in [5.74, 6) is -1.01. The summed E-state index contributed by atoms with van der Waals surface area (Å²) in [4.78, 5) is 19.5. The Labute approximate surface area is 184 Å². The highest BCUT2D eigenvalue weighted by atomic mass is 28.3. The number of hydrogen-bond donors (Lipinski definition) is 0. The van der Waals surface area contributed by atoms with Crippen molar-refractivity contribution in [3.63, 3.8) is 0 Å². The molecule has 1 aromatic rings. The van der Waals surface area contributed by atoms with Crippen molar-refractivity contribution >= 4 is 15.1 Å². The Morgan fingerprint density at radius 1 is 1.10 bits per heavy atom. The van der Waals surface area contributed by atoms with Crippen LogP contribution in [0.4, 0.5) is 4.79 Å². The first kappa shape index (κ1) is 24.8. The van der Waals surface area contributed by atoms with Crippen molar-refractivity contribution in [1.29, 1.82) is 0 Å². The van der Waals surface area contributed by atoms with Gasteiger partial charge >= 0.3 is 6.09 Å². The van der Waals surface area contributed by atoms with Crippen LogP contribution in [0.15, 0.2) is 24.5 Å². The maximum absolute atomic E-state index is 13.6. The largest absolute Gasteiger partial charge is 0.444 e. The van der Waals surface area contributed by atoms with Crippen molar-refractivity contribution in [2.75, 3.05) is 0 Å². The number of rotatable bonds is 4. The summed E-state index contributed by atoms with van der Waals surface area (Å²) in [6.07, 6.45) is 3.70. The molecule has 0 spiro atoms. The highest BCUT2D eigenvalue weighted by Crippen LogP contribution is 2.57. The molecule has 1 saturated heterocycles. The Balaban J connectivity index is 2.74. The monoisotopic (exact) mass is 436 g/mol. The molecule has 0 bridgehead atoms. The first-order valence-corrected chi connectivity index (χ1v) is 13.5. The van der Waals surface area contributed by atoms with Crippen LogP contribution in [0, 0.1) is 5.41 Å². The normalized spacial score (nSPS) is 26.9. The molecular formula is C23H40N2O4Si. The van der Waals surface area contributed by atoms with E-state index in [4.69, 9.17) is 13.9 Å². The van der Waals surface area contributed by atoms with Crippen molar-refractivity contribution in [2.45, 2.75) is 104 Å². The molecule has 7 heteroatoms. The van der Waals surface area contributed by atoms with Crippen LogP contribution in [0.2, 0.25) is 13.1 Å². The van der Waals surface area contributed by atoms with Gasteiger partial charge in [0, 0.05) is 24.2 Å². The van der Waals surface area contributed by atoms with E-state index < -0.39 is 43.2 Å². The van der Waals surface area contributed by atoms with Crippen LogP contribution in [-0.4, -0.2) is 47.7 Å². The van der Waals surface area contributed by atoms with Crippen molar-refractivity contribution in [3.8, 4) is 0 Å². The number of pyridine rings is 1. The summed E-state index contributed by atoms with van der Waals surface area (Å²) in [6, 6.07) is 3.95. The Morgan fingerprint density at radius 3 is 2.07 bits per heavy atom. The van der Waals surface area contributed by atoms with Crippen LogP contribution in [0.25, 0.3) is 0 Å². The highest BCUT2D eigenvalue weighted by molar-refractivity contribution is 6.48. The molecule has 1 fully saturated rings. The van der Waals surface area contributed by atoms with E-state index in [9.17, 15) is 4.79 Å². The number of nitrogens with zero attached hydrogens (tertiary/aromatic N) is 2. The average molecular weight is 437 g/mol. The molecule has 170 valence electrons. The van der Waals surface area contributed by atoms with Crippen LogP contribution in [0.3, 0.4) is 0 Å². The molecule has 1 aromatic heterocycles. The number of carbonyl (C=O) groups is 1. The number of ether oxygens (including phenoxy) is 2. The first-order chi connectivity index (χ1) is 13.5. The van der Waals surface area contributed by atoms with Crippen molar-refractivity contribution in [1.82, 2.24) is 9.88 Å². The molecule has 2 heterocycles. The lowest BCUT2D eigenvalue weighted by Gasteiger charge is -2.52. The third-order valence-corrected chi connectivity index (χ3v) is 6.20. The first-order valence-electron chi connectivity index (χ1n) is 10.8. The summed E-state index contributed by atoms with van der Waals surface area (Å²) < 4.78 is 19.4. The van der Waals surface area contributed by atoms with Gasteiger partial charge in [-0.3, -0.25) is 9.88 Å². The van der Waals surface area contributed by atoms with Gasteiger partial charge in [0.15, 0.2) is 14.8 Å². The molecule has 0 aliphatic carbocycles. The summed E-state index contributed by atoms with van der Waals surface area (Å²) >= 11 is 0. The standard InChI is InChI=1S/C23H40N2O4Si/c1-19(2,3)23(29-30(10)11)22(9,16-17-12-14-24-15-13-17)25(21(7,8)28-23)18(26)27-20(4,5)6/h12-15,30H,16H2,1-11H3/t22-,23-/m0/s1. The van der Waals surface area contributed by atoms with E-state index in [-0.39, 0.29) is 0 Å². The van der Waals surface area contributed by atoms with E-state index in [0.29, 0.717) is 6.42 Å². The van der Waals surface area contributed by atoms with E-state index >= 15 is 0 Å². The molecule has 2 atom stereocenters. The molecule has 0 radical (unpaired) electrons. The Bertz CT molecular complexity index is 755. The molecule has 2 rings (SSSR count). The number of amides is 1. The van der Waals surface area contributed by atoms with E-state index in [1.54, 1.807) is 17.3 Å². The van der Waals surface area contributed by atoms with Crippen LogP contribution in [0.1, 0.15) is 67.9 Å². The summed E-state index contributed by atoms with van der Waals surface area (Å²) in [6.45, 7) is 22.1.